The van der Waals surface area contributed by atoms with E-state index in [-0.39, 0.29) is 48.3 Å². The second-order valence-electron chi connectivity index (χ2n) is 3.03. The zero-order valence-electron chi connectivity index (χ0n) is 9.66. The van der Waals surface area contributed by atoms with Gasteiger partial charge >= 0.3 is 29.6 Å². The molecule has 2 N–H and O–H groups in total. The van der Waals surface area contributed by atoms with Gasteiger partial charge < -0.3 is 20.5 Å². The van der Waals surface area contributed by atoms with Gasteiger partial charge in [0.25, 0.3) is 0 Å². The average molecular weight is 224 g/mol. The Morgan fingerprint density at radius 2 is 1.80 bits per heavy atom. The summed E-state index contributed by atoms with van der Waals surface area (Å²) < 4.78 is 0. The molecule has 1 atom stereocenters. The van der Waals surface area contributed by atoms with Gasteiger partial charge in [-0.3, -0.25) is 4.79 Å². The Kier molecular flexibility index (Phi) is 10.6. The zero-order chi connectivity index (χ0) is 11.1. The van der Waals surface area contributed by atoms with Crippen molar-refractivity contribution in [1.29, 1.82) is 0 Å². The Bertz CT molecular complexity index is 208. The molecule has 5 nitrogen and oxygen atoms in total. The molecule has 1 amide bonds. The Balaban J connectivity index is 0. The van der Waals surface area contributed by atoms with Crippen LogP contribution >= 0.6 is 0 Å². The van der Waals surface area contributed by atoms with Gasteiger partial charge in [-0.25, -0.2) is 0 Å². The molecule has 6 heteroatoms. The molecule has 0 unspecified atom stereocenters. The number of nitrogens with two attached hydrogens (primary N) is 1. The van der Waals surface area contributed by atoms with Gasteiger partial charge in [0.2, 0.25) is 5.91 Å². The standard InChI is InChI=1S/C9H18N2O3.Na/c1-3-11(4-2)9(14)7(10)5-6-8(12)13;/h7H,3-6,10H2,1-2H3,(H,12,13);/q;+1/p-1/t7-;/m0./s1. The van der Waals surface area contributed by atoms with E-state index in [0.29, 0.717) is 13.1 Å². The van der Waals surface area contributed by atoms with Crippen molar-refractivity contribution in [2.45, 2.75) is 32.7 Å². The first kappa shape index (κ1) is 17.3. The Labute approximate surface area is 112 Å². The number of aliphatic carboxylic acids is 1. The molecule has 0 saturated heterocycles. The normalized spacial score (nSPS) is 11.4. The van der Waals surface area contributed by atoms with Crippen molar-refractivity contribution in [3.63, 3.8) is 0 Å². The van der Waals surface area contributed by atoms with Crippen molar-refractivity contribution in [2.24, 2.45) is 5.73 Å². The van der Waals surface area contributed by atoms with E-state index in [2.05, 4.69) is 0 Å². The average Bonchev–Trinajstić information content (AvgIpc) is 2.15. The maximum atomic E-state index is 11.5. The molecule has 0 fully saturated rings. The van der Waals surface area contributed by atoms with Crippen LogP contribution < -0.4 is 40.4 Å². The number of rotatable bonds is 6. The first-order chi connectivity index (χ1) is 6.52. The van der Waals surface area contributed by atoms with E-state index in [9.17, 15) is 14.7 Å². The molecular weight excluding hydrogens is 207 g/mol. The number of amides is 1. The minimum absolute atomic E-state index is 0. The van der Waals surface area contributed by atoms with Gasteiger partial charge in [-0.05, 0) is 26.7 Å². The van der Waals surface area contributed by atoms with Crippen molar-refractivity contribution in [1.82, 2.24) is 4.90 Å². The number of nitrogens with zero attached hydrogens (tertiary/aromatic N) is 1. The maximum Gasteiger partial charge on any atom is 1.00 e. The predicted octanol–water partition coefficient (Wildman–Crippen LogP) is -4.28. The zero-order valence-corrected chi connectivity index (χ0v) is 11.7. The number of likely N-dealkylation sites (N-methyl/N-ethyl adjacent to an activating group) is 1. The molecule has 0 spiro atoms. The van der Waals surface area contributed by atoms with Crippen molar-refractivity contribution in [2.75, 3.05) is 13.1 Å². The van der Waals surface area contributed by atoms with E-state index in [4.69, 9.17) is 5.73 Å². The molecule has 0 aliphatic carbocycles. The monoisotopic (exact) mass is 224 g/mol. The number of carboxylic acid groups (broad SMARTS) is 1. The third-order valence-corrected chi connectivity index (χ3v) is 2.05. The second kappa shape index (κ2) is 9.15. The Morgan fingerprint density at radius 1 is 1.33 bits per heavy atom. The molecule has 82 valence electrons. The minimum atomic E-state index is -1.17. The van der Waals surface area contributed by atoms with Gasteiger partial charge in [-0.15, -0.1) is 0 Å². The van der Waals surface area contributed by atoms with Gasteiger partial charge in [0.15, 0.2) is 0 Å². The Hall–Kier alpha value is -0.100. The summed E-state index contributed by atoms with van der Waals surface area (Å²) in [5.41, 5.74) is 5.54. The molecule has 0 aliphatic rings. The van der Waals surface area contributed by atoms with Crippen LogP contribution in [-0.4, -0.2) is 35.9 Å². The first-order valence-corrected chi connectivity index (χ1v) is 4.77. The summed E-state index contributed by atoms with van der Waals surface area (Å²) in [6, 6.07) is -0.729. The van der Waals surface area contributed by atoms with Gasteiger partial charge in [0, 0.05) is 19.1 Å². The summed E-state index contributed by atoms with van der Waals surface area (Å²) in [5.74, 6) is -1.37. The number of hydrogen-bond donors (Lipinski definition) is 1. The molecular formula is C9H17N2NaO3. The van der Waals surface area contributed by atoms with Crippen LogP contribution in [0.5, 0.6) is 0 Å². The van der Waals surface area contributed by atoms with Crippen molar-refractivity contribution >= 4 is 11.9 Å². The van der Waals surface area contributed by atoms with Crippen LogP contribution in [0, 0.1) is 0 Å². The van der Waals surface area contributed by atoms with Gasteiger partial charge in [0.1, 0.15) is 0 Å². The van der Waals surface area contributed by atoms with Crippen LogP contribution in [0.25, 0.3) is 0 Å². The Morgan fingerprint density at radius 3 is 2.13 bits per heavy atom. The summed E-state index contributed by atoms with van der Waals surface area (Å²) in [4.78, 5) is 23.2. The second-order valence-corrected chi connectivity index (χ2v) is 3.03. The van der Waals surface area contributed by atoms with E-state index in [0.717, 1.165) is 0 Å². The van der Waals surface area contributed by atoms with E-state index in [1.807, 2.05) is 13.8 Å². The molecule has 0 saturated carbocycles. The fourth-order valence-electron chi connectivity index (χ4n) is 1.17. The minimum Gasteiger partial charge on any atom is -0.550 e. The summed E-state index contributed by atoms with van der Waals surface area (Å²) in [6.07, 6.45) is -0.0359. The van der Waals surface area contributed by atoms with Crippen LogP contribution in [0.1, 0.15) is 26.7 Å². The molecule has 0 radical (unpaired) electrons. The molecule has 0 bridgehead atoms. The molecule has 0 aromatic carbocycles. The maximum absolute atomic E-state index is 11.5. The van der Waals surface area contributed by atoms with Crippen LogP contribution in [0.15, 0.2) is 0 Å². The topological polar surface area (TPSA) is 86.5 Å². The van der Waals surface area contributed by atoms with E-state index in [1.165, 1.54) is 0 Å². The van der Waals surface area contributed by atoms with Crippen LogP contribution in [0.4, 0.5) is 0 Å². The summed E-state index contributed by atoms with van der Waals surface area (Å²) in [6.45, 7) is 4.89. The molecule has 0 aliphatic heterocycles. The van der Waals surface area contributed by atoms with Gasteiger partial charge in [-0.1, -0.05) is 0 Å². The third kappa shape index (κ3) is 6.89. The quantitative estimate of drug-likeness (QED) is 0.463. The van der Waals surface area contributed by atoms with Crippen molar-refractivity contribution < 1.29 is 44.3 Å². The largest absolute Gasteiger partial charge is 1.00 e. The number of carbonyl (C=O) groups excluding carboxylic acids is 2. The third-order valence-electron chi connectivity index (χ3n) is 2.05. The summed E-state index contributed by atoms with van der Waals surface area (Å²) >= 11 is 0. The van der Waals surface area contributed by atoms with E-state index < -0.39 is 12.0 Å². The fourth-order valence-corrected chi connectivity index (χ4v) is 1.17. The smallest absolute Gasteiger partial charge is 0.550 e. The fraction of sp³-hybridized carbons (Fsp3) is 0.778. The summed E-state index contributed by atoms with van der Waals surface area (Å²) in [7, 11) is 0. The number of hydrogen-bond acceptors (Lipinski definition) is 4. The van der Waals surface area contributed by atoms with Gasteiger partial charge in [0.05, 0.1) is 6.04 Å². The van der Waals surface area contributed by atoms with Crippen molar-refractivity contribution in [3.8, 4) is 0 Å². The van der Waals surface area contributed by atoms with Crippen LogP contribution in [0.3, 0.4) is 0 Å². The van der Waals surface area contributed by atoms with Crippen molar-refractivity contribution in [3.05, 3.63) is 0 Å². The molecule has 0 rings (SSSR count). The predicted molar refractivity (Wildman–Crippen MR) is 50.1 cm³/mol. The van der Waals surface area contributed by atoms with Gasteiger partial charge in [-0.2, -0.15) is 0 Å². The van der Waals surface area contributed by atoms with Crippen LogP contribution in [-0.2, 0) is 9.59 Å². The molecule has 0 aromatic heterocycles. The SMILES string of the molecule is CCN(CC)C(=O)[C@@H](N)CCC(=O)[O-].[Na+]. The van der Waals surface area contributed by atoms with Crippen LogP contribution in [0.2, 0.25) is 0 Å². The first-order valence-electron chi connectivity index (χ1n) is 4.77. The van der Waals surface area contributed by atoms with E-state index in [1.54, 1.807) is 4.90 Å². The summed E-state index contributed by atoms with van der Waals surface area (Å²) in [5, 5.41) is 10.1. The molecule has 15 heavy (non-hydrogen) atoms. The number of carbonyl (C=O) groups is 2. The van der Waals surface area contributed by atoms with E-state index >= 15 is 0 Å². The molecule has 0 aromatic rings. The molecule has 0 heterocycles. The number of carboxylic acids is 1.